The van der Waals surface area contributed by atoms with Gasteiger partial charge in [-0.15, -0.1) is 0 Å². The van der Waals surface area contributed by atoms with E-state index in [0.29, 0.717) is 19.0 Å². The third-order valence-corrected chi connectivity index (χ3v) is 2.19. The first kappa shape index (κ1) is 14.9. The van der Waals surface area contributed by atoms with Gasteiger partial charge < -0.3 is 10.6 Å². The van der Waals surface area contributed by atoms with E-state index in [1.54, 1.807) is 0 Å². The molecule has 4 heteroatoms. The maximum atomic E-state index is 11.3. The van der Waals surface area contributed by atoms with Gasteiger partial charge in [0.2, 0.25) is 0 Å². The van der Waals surface area contributed by atoms with Crippen LogP contribution in [0.1, 0.15) is 46.5 Å². The molecule has 0 aliphatic heterocycles. The molecule has 0 aliphatic rings. The van der Waals surface area contributed by atoms with Crippen molar-refractivity contribution in [2.75, 3.05) is 13.1 Å². The van der Waals surface area contributed by atoms with Crippen LogP contribution in [-0.2, 0) is 9.59 Å². The Labute approximate surface area is 98.2 Å². The van der Waals surface area contributed by atoms with Gasteiger partial charge in [0.25, 0.3) is 0 Å². The molecule has 0 fully saturated rings. The Balaban J connectivity index is 3.52. The predicted octanol–water partition coefficient (Wildman–Crippen LogP) is 1.46. The molecule has 94 valence electrons. The number of unbranched alkanes of at least 4 members (excludes halogenated alkanes) is 3. The normalized spacial score (nSPS) is 10.2. The average Bonchev–Trinajstić information content (AvgIpc) is 2.25. The van der Waals surface area contributed by atoms with Crippen molar-refractivity contribution in [3.63, 3.8) is 0 Å². The van der Waals surface area contributed by atoms with Gasteiger partial charge in [0.15, 0.2) is 0 Å². The number of amides is 2. The van der Waals surface area contributed by atoms with Crippen LogP contribution >= 0.6 is 0 Å². The molecule has 0 spiro atoms. The molecule has 0 aromatic heterocycles. The van der Waals surface area contributed by atoms with Gasteiger partial charge in [-0.25, -0.2) is 0 Å². The van der Waals surface area contributed by atoms with Crippen LogP contribution in [0.25, 0.3) is 0 Å². The zero-order chi connectivity index (χ0) is 12.4. The molecular formula is C12H24N2O2. The van der Waals surface area contributed by atoms with Crippen molar-refractivity contribution in [1.82, 2.24) is 10.6 Å². The molecule has 0 heterocycles. The monoisotopic (exact) mass is 228 g/mol. The SMILES string of the molecule is CCCCCCNC(=O)C(=O)NCC(C)C. The first-order valence-corrected chi connectivity index (χ1v) is 6.14. The number of rotatable bonds is 7. The third kappa shape index (κ3) is 8.26. The van der Waals surface area contributed by atoms with Crippen molar-refractivity contribution in [2.24, 2.45) is 5.92 Å². The van der Waals surface area contributed by atoms with Gasteiger partial charge in [-0.3, -0.25) is 9.59 Å². The van der Waals surface area contributed by atoms with Crippen molar-refractivity contribution in [2.45, 2.75) is 46.5 Å². The molecule has 0 atom stereocenters. The van der Waals surface area contributed by atoms with E-state index in [1.165, 1.54) is 12.8 Å². The van der Waals surface area contributed by atoms with E-state index in [9.17, 15) is 9.59 Å². The second kappa shape index (κ2) is 9.19. The van der Waals surface area contributed by atoms with Crippen molar-refractivity contribution in [3.05, 3.63) is 0 Å². The van der Waals surface area contributed by atoms with Crippen LogP contribution in [0.5, 0.6) is 0 Å². The third-order valence-electron chi connectivity index (χ3n) is 2.19. The van der Waals surface area contributed by atoms with E-state index in [1.807, 2.05) is 13.8 Å². The van der Waals surface area contributed by atoms with E-state index >= 15 is 0 Å². The van der Waals surface area contributed by atoms with Gasteiger partial charge in [-0.05, 0) is 12.3 Å². The summed E-state index contributed by atoms with van der Waals surface area (Å²) in [5.74, 6) is -0.678. The summed E-state index contributed by atoms with van der Waals surface area (Å²) in [6, 6.07) is 0. The Morgan fingerprint density at radius 3 is 2.19 bits per heavy atom. The summed E-state index contributed by atoms with van der Waals surface area (Å²) in [7, 11) is 0. The lowest BCUT2D eigenvalue weighted by Crippen LogP contribution is -2.41. The molecule has 2 N–H and O–H groups in total. The van der Waals surface area contributed by atoms with E-state index in [4.69, 9.17) is 0 Å². The van der Waals surface area contributed by atoms with Crippen LogP contribution in [0, 0.1) is 5.92 Å². The van der Waals surface area contributed by atoms with Crippen LogP contribution in [0.4, 0.5) is 0 Å². The highest BCUT2D eigenvalue weighted by atomic mass is 16.2. The second-order valence-electron chi connectivity index (χ2n) is 4.42. The van der Waals surface area contributed by atoms with Gasteiger partial charge in [0, 0.05) is 13.1 Å². The lowest BCUT2D eigenvalue weighted by atomic mass is 10.2. The van der Waals surface area contributed by atoms with Crippen molar-refractivity contribution in [3.8, 4) is 0 Å². The summed E-state index contributed by atoms with van der Waals surface area (Å²) in [5.41, 5.74) is 0. The fourth-order valence-electron chi connectivity index (χ4n) is 1.21. The molecule has 16 heavy (non-hydrogen) atoms. The first-order valence-electron chi connectivity index (χ1n) is 6.14. The predicted molar refractivity (Wildman–Crippen MR) is 65.0 cm³/mol. The molecule has 0 saturated heterocycles. The van der Waals surface area contributed by atoms with Gasteiger partial charge >= 0.3 is 11.8 Å². The van der Waals surface area contributed by atoms with Crippen LogP contribution in [0.3, 0.4) is 0 Å². The van der Waals surface area contributed by atoms with Gasteiger partial charge in [-0.1, -0.05) is 40.0 Å². The number of hydrogen-bond donors (Lipinski definition) is 2. The molecule has 0 aromatic rings. The van der Waals surface area contributed by atoms with Gasteiger partial charge in [0.1, 0.15) is 0 Å². The first-order chi connectivity index (χ1) is 7.57. The largest absolute Gasteiger partial charge is 0.348 e. The molecule has 2 amide bonds. The van der Waals surface area contributed by atoms with Crippen LogP contribution in [0.2, 0.25) is 0 Å². The topological polar surface area (TPSA) is 58.2 Å². The van der Waals surface area contributed by atoms with Gasteiger partial charge in [0.05, 0.1) is 0 Å². The summed E-state index contributed by atoms with van der Waals surface area (Å²) in [4.78, 5) is 22.5. The second-order valence-corrected chi connectivity index (χ2v) is 4.42. The van der Waals surface area contributed by atoms with Crippen molar-refractivity contribution >= 4 is 11.8 Å². The van der Waals surface area contributed by atoms with Crippen LogP contribution < -0.4 is 10.6 Å². The molecule has 0 bridgehead atoms. The van der Waals surface area contributed by atoms with Crippen LogP contribution in [0.15, 0.2) is 0 Å². The van der Waals surface area contributed by atoms with Gasteiger partial charge in [-0.2, -0.15) is 0 Å². The Morgan fingerprint density at radius 2 is 1.62 bits per heavy atom. The molecule has 0 rings (SSSR count). The smallest absolute Gasteiger partial charge is 0.309 e. The van der Waals surface area contributed by atoms with Crippen molar-refractivity contribution < 1.29 is 9.59 Å². The minimum absolute atomic E-state index is 0.362. The van der Waals surface area contributed by atoms with E-state index in [2.05, 4.69) is 17.6 Å². The molecular weight excluding hydrogens is 204 g/mol. The molecule has 0 radical (unpaired) electrons. The number of nitrogens with one attached hydrogen (secondary N) is 2. The molecule has 0 saturated carbocycles. The summed E-state index contributed by atoms with van der Waals surface area (Å²) < 4.78 is 0. The quantitative estimate of drug-likeness (QED) is 0.512. The highest BCUT2D eigenvalue weighted by molar-refractivity contribution is 6.35. The maximum absolute atomic E-state index is 11.3. The van der Waals surface area contributed by atoms with Crippen molar-refractivity contribution in [1.29, 1.82) is 0 Å². The molecule has 0 aliphatic carbocycles. The standard InChI is InChI=1S/C12H24N2O2/c1-4-5-6-7-8-13-11(15)12(16)14-9-10(2)3/h10H,4-9H2,1-3H3,(H,13,15)(H,14,16). The summed E-state index contributed by atoms with van der Waals surface area (Å²) in [5, 5.41) is 5.20. The minimum Gasteiger partial charge on any atom is -0.348 e. The number of hydrogen-bond acceptors (Lipinski definition) is 2. The number of carbonyl (C=O) groups is 2. The zero-order valence-electron chi connectivity index (χ0n) is 10.6. The Bertz CT molecular complexity index is 215. The van der Waals surface area contributed by atoms with E-state index in [0.717, 1.165) is 12.8 Å². The summed E-state index contributed by atoms with van der Waals surface area (Å²) in [6.45, 7) is 7.25. The lowest BCUT2D eigenvalue weighted by Gasteiger charge is -2.07. The molecule has 0 unspecified atom stereocenters. The molecule has 4 nitrogen and oxygen atoms in total. The Morgan fingerprint density at radius 1 is 1.00 bits per heavy atom. The summed E-state index contributed by atoms with van der Waals surface area (Å²) in [6.07, 6.45) is 4.39. The minimum atomic E-state index is -0.524. The zero-order valence-corrected chi connectivity index (χ0v) is 10.6. The summed E-state index contributed by atoms with van der Waals surface area (Å²) >= 11 is 0. The van der Waals surface area contributed by atoms with E-state index in [-0.39, 0.29) is 0 Å². The number of carbonyl (C=O) groups excluding carboxylic acids is 2. The van der Waals surface area contributed by atoms with Crippen LogP contribution in [-0.4, -0.2) is 24.9 Å². The molecule has 0 aromatic carbocycles. The average molecular weight is 228 g/mol. The Kier molecular flexibility index (Phi) is 8.58. The lowest BCUT2D eigenvalue weighted by molar-refractivity contribution is -0.139. The fourth-order valence-corrected chi connectivity index (χ4v) is 1.21. The van der Waals surface area contributed by atoms with E-state index < -0.39 is 11.8 Å². The highest BCUT2D eigenvalue weighted by Crippen LogP contribution is 1.96. The highest BCUT2D eigenvalue weighted by Gasteiger charge is 2.11. The Hall–Kier alpha value is -1.06. The maximum Gasteiger partial charge on any atom is 0.309 e. The fraction of sp³-hybridized carbons (Fsp3) is 0.833.